The third kappa shape index (κ3) is 2.22. The number of carbonyl (C=O) groups is 2. The predicted octanol–water partition coefficient (Wildman–Crippen LogP) is 0.218. The van der Waals surface area contributed by atoms with Gasteiger partial charge in [0.25, 0.3) is 0 Å². The lowest BCUT2D eigenvalue weighted by molar-refractivity contribution is -0.144. The average molecular weight is 171 g/mol. The normalized spacial score (nSPS) is 24.1. The van der Waals surface area contributed by atoms with Gasteiger partial charge in [0.1, 0.15) is 6.04 Å². The Labute approximate surface area is 71.3 Å². The van der Waals surface area contributed by atoms with E-state index in [-0.39, 0.29) is 11.9 Å². The molecule has 1 amide bonds. The van der Waals surface area contributed by atoms with Gasteiger partial charge in [0, 0.05) is 6.42 Å². The second-order valence-corrected chi connectivity index (χ2v) is 2.89. The van der Waals surface area contributed by atoms with Crippen LogP contribution in [0.3, 0.4) is 0 Å². The van der Waals surface area contributed by atoms with Crippen LogP contribution >= 0.6 is 0 Å². The van der Waals surface area contributed by atoms with Crippen LogP contribution in [-0.2, 0) is 14.3 Å². The first-order valence-electron chi connectivity index (χ1n) is 4.11. The first-order valence-corrected chi connectivity index (χ1v) is 4.11. The van der Waals surface area contributed by atoms with Gasteiger partial charge in [-0.2, -0.15) is 0 Å². The molecule has 1 aliphatic rings. The van der Waals surface area contributed by atoms with Crippen LogP contribution in [0.2, 0.25) is 0 Å². The molecule has 0 bridgehead atoms. The van der Waals surface area contributed by atoms with Crippen molar-refractivity contribution in [2.24, 2.45) is 0 Å². The Bertz CT molecular complexity index is 191. The number of esters is 1. The average Bonchev–Trinajstić information content (AvgIpc) is 2.28. The van der Waals surface area contributed by atoms with E-state index in [1.165, 1.54) is 7.11 Å². The number of carbonyl (C=O) groups excluding carboxylic acids is 2. The zero-order valence-electron chi connectivity index (χ0n) is 7.13. The second kappa shape index (κ2) is 4.09. The van der Waals surface area contributed by atoms with Crippen LogP contribution < -0.4 is 5.32 Å². The lowest BCUT2D eigenvalue weighted by Gasteiger charge is -2.11. The van der Waals surface area contributed by atoms with Gasteiger partial charge in [-0.05, 0) is 12.8 Å². The van der Waals surface area contributed by atoms with E-state index >= 15 is 0 Å². The van der Waals surface area contributed by atoms with E-state index in [1.54, 1.807) is 0 Å². The molecular formula is C8H13NO3. The Morgan fingerprint density at radius 2 is 2.33 bits per heavy atom. The summed E-state index contributed by atoms with van der Waals surface area (Å²) in [7, 11) is 1.33. The molecule has 0 aromatic carbocycles. The first kappa shape index (κ1) is 9.03. The Morgan fingerprint density at radius 1 is 1.58 bits per heavy atom. The van der Waals surface area contributed by atoms with Gasteiger partial charge >= 0.3 is 5.97 Å². The molecule has 12 heavy (non-hydrogen) atoms. The summed E-state index contributed by atoms with van der Waals surface area (Å²) in [5.41, 5.74) is 0. The molecule has 0 saturated carbocycles. The minimum atomic E-state index is -0.426. The SMILES string of the molecule is COC(=O)[C@H]1CCCCC(=O)N1. The number of hydrogen-bond acceptors (Lipinski definition) is 3. The molecule has 0 unspecified atom stereocenters. The van der Waals surface area contributed by atoms with E-state index in [0.717, 1.165) is 12.8 Å². The first-order chi connectivity index (χ1) is 5.74. The van der Waals surface area contributed by atoms with Crippen molar-refractivity contribution in [2.45, 2.75) is 31.7 Å². The van der Waals surface area contributed by atoms with E-state index in [2.05, 4.69) is 10.1 Å². The largest absolute Gasteiger partial charge is 0.467 e. The van der Waals surface area contributed by atoms with E-state index in [1.807, 2.05) is 0 Å². The molecule has 0 radical (unpaired) electrons. The van der Waals surface area contributed by atoms with Gasteiger partial charge in [0.15, 0.2) is 0 Å². The van der Waals surface area contributed by atoms with Crippen LogP contribution in [0, 0.1) is 0 Å². The predicted molar refractivity (Wildman–Crippen MR) is 42.4 cm³/mol. The zero-order chi connectivity index (χ0) is 8.97. The molecule has 1 fully saturated rings. The number of amides is 1. The van der Waals surface area contributed by atoms with Gasteiger partial charge in [-0.25, -0.2) is 4.79 Å². The van der Waals surface area contributed by atoms with E-state index in [4.69, 9.17) is 0 Å². The molecule has 1 atom stereocenters. The summed E-state index contributed by atoms with van der Waals surface area (Å²) in [6.45, 7) is 0. The minimum absolute atomic E-state index is 0.0529. The minimum Gasteiger partial charge on any atom is -0.467 e. The van der Waals surface area contributed by atoms with Crippen molar-refractivity contribution < 1.29 is 14.3 Å². The summed E-state index contributed by atoms with van der Waals surface area (Å²) in [6.07, 6.45) is 2.98. The third-order valence-electron chi connectivity index (χ3n) is 1.97. The van der Waals surface area contributed by atoms with E-state index in [0.29, 0.717) is 12.8 Å². The quantitative estimate of drug-likeness (QED) is 0.574. The van der Waals surface area contributed by atoms with Crippen molar-refractivity contribution >= 4 is 11.9 Å². The molecule has 1 rings (SSSR count). The highest BCUT2D eigenvalue weighted by atomic mass is 16.5. The van der Waals surface area contributed by atoms with E-state index in [9.17, 15) is 9.59 Å². The van der Waals surface area contributed by atoms with Crippen molar-refractivity contribution in [3.8, 4) is 0 Å². The molecule has 0 spiro atoms. The van der Waals surface area contributed by atoms with Crippen molar-refractivity contribution in [2.75, 3.05) is 7.11 Å². The van der Waals surface area contributed by atoms with Crippen LogP contribution in [-0.4, -0.2) is 25.0 Å². The molecule has 4 heteroatoms. The van der Waals surface area contributed by atoms with Gasteiger partial charge in [0.05, 0.1) is 7.11 Å². The Kier molecular flexibility index (Phi) is 3.08. The molecule has 1 N–H and O–H groups in total. The Balaban J connectivity index is 2.51. The maximum absolute atomic E-state index is 11.0. The maximum Gasteiger partial charge on any atom is 0.328 e. The summed E-state index contributed by atoms with van der Waals surface area (Å²) in [5.74, 6) is -0.395. The fraction of sp³-hybridized carbons (Fsp3) is 0.750. The number of ether oxygens (including phenoxy) is 1. The molecule has 1 aliphatic heterocycles. The van der Waals surface area contributed by atoms with Gasteiger partial charge < -0.3 is 10.1 Å². The molecular weight excluding hydrogens is 158 g/mol. The van der Waals surface area contributed by atoms with Gasteiger partial charge in [-0.3, -0.25) is 4.79 Å². The molecule has 1 saturated heterocycles. The van der Waals surface area contributed by atoms with E-state index < -0.39 is 6.04 Å². The molecule has 0 aromatic rings. The highest BCUT2D eigenvalue weighted by Gasteiger charge is 2.23. The molecule has 0 aromatic heterocycles. The fourth-order valence-corrected chi connectivity index (χ4v) is 1.29. The smallest absolute Gasteiger partial charge is 0.328 e. The van der Waals surface area contributed by atoms with Crippen LogP contribution in [0.15, 0.2) is 0 Å². The molecule has 4 nitrogen and oxygen atoms in total. The maximum atomic E-state index is 11.0. The standard InChI is InChI=1S/C8H13NO3/c1-12-8(11)6-4-2-3-5-7(10)9-6/h6H,2-5H2,1H3,(H,9,10)/t6-/m1/s1. The van der Waals surface area contributed by atoms with Crippen LogP contribution in [0.5, 0.6) is 0 Å². The van der Waals surface area contributed by atoms with Crippen molar-refractivity contribution in [3.05, 3.63) is 0 Å². The monoisotopic (exact) mass is 171 g/mol. The van der Waals surface area contributed by atoms with Gasteiger partial charge in [-0.15, -0.1) is 0 Å². The number of methoxy groups -OCH3 is 1. The number of rotatable bonds is 1. The second-order valence-electron chi connectivity index (χ2n) is 2.89. The van der Waals surface area contributed by atoms with Crippen LogP contribution in [0.25, 0.3) is 0 Å². The van der Waals surface area contributed by atoms with Gasteiger partial charge in [-0.1, -0.05) is 6.42 Å². The highest BCUT2D eigenvalue weighted by Crippen LogP contribution is 2.09. The third-order valence-corrected chi connectivity index (χ3v) is 1.97. The fourth-order valence-electron chi connectivity index (χ4n) is 1.29. The summed E-state index contributed by atoms with van der Waals surface area (Å²) in [6, 6.07) is -0.426. The zero-order valence-corrected chi connectivity index (χ0v) is 7.13. The Morgan fingerprint density at radius 3 is 3.00 bits per heavy atom. The lowest BCUT2D eigenvalue weighted by Crippen LogP contribution is -2.39. The topological polar surface area (TPSA) is 55.4 Å². The van der Waals surface area contributed by atoms with Crippen molar-refractivity contribution in [1.29, 1.82) is 0 Å². The van der Waals surface area contributed by atoms with Crippen molar-refractivity contribution in [3.63, 3.8) is 0 Å². The molecule has 0 aliphatic carbocycles. The van der Waals surface area contributed by atoms with Crippen LogP contribution in [0.4, 0.5) is 0 Å². The summed E-state index contributed by atoms with van der Waals surface area (Å²) in [5, 5.41) is 2.62. The number of hydrogen-bond donors (Lipinski definition) is 1. The molecule has 1 heterocycles. The number of nitrogens with one attached hydrogen (secondary N) is 1. The van der Waals surface area contributed by atoms with Crippen molar-refractivity contribution in [1.82, 2.24) is 5.32 Å². The lowest BCUT2D eigenvalue weighted by atomic mass is 10.1. The summed E-state index contributed by atoms with van der Waals surface area (Å²) in [4.78, 5) is 22.0. The Hall–Kier alpha value is -1.06. The highest BCUT2D eigenvalue weighted by molar-refractivity contribution is 5.84. The molecule has 68 valence electrons. The van der Waals surface area contributed by atoms with Crippen LogP contribution in [0.1, 0.15) is 25.7 Å². The summed E-state index contributed by atoms with van der Waals surface area (Å²) >= 11 is 0. The summed E-state index contributed by atoms with van der Waals surface area (Å²) < 4.78 is 4.54. The van der Waals surface area contributed by atoms with Gasteiger partial charge in [0.2, 0.25) is 5.91 Å².